The van der Waals surface area contributed by atoms with Crippen molar-refractivity contribution in [3.63, 3.8) is 0 Å². The lowest BCUT2D eigenvalue weighted by atomic mass is 10.1. The molecule has 0 aliphatic heterocycles. The number of hydrogen-bond acceptors (Lipinski definition) is 5. The van der Waals surface area contributed by atoms with Gasteiger partial charge in [-0.25, -0.2) is 4.79 Å². The highest BCUT2D eigenvalue weighted by molar-refractivity contribution is 7.45. The highest BCUT2D eigenvalue weighted by Crippen LogP contribution is 2.37. The molecule has 0 spiro atoms. The van der Waals surface area contributed by atoms with Gasteiger partial charge in [0.05, 0.1) is 5.56 Å². The van der Waals surface area contributed by atoms with Crippen LogP contribution in [-0.2, 0) is 10.7 Å². The molecule has 2 rings (SSSR count). The zero-order valence-corrected chi connectivity index (χ0v) is 10.3. The van der Waals surface area contributed by atoms with Crippen molar-refractivity contribution in [2.24, 2.45) is 0 Å². The Morgan fingerprint density at radius 1 is 1.30 bits per heavy atom. The van der Waals surface area contributed by atoms with E-state index in [-0.39, 0.29) is 6.07 Å². The van der Waals surface area contributed by atoms with Crippen LogP contribution in [-0.4, -0.2) is 4.89 Å². The first-order valence-corrected chi connectivity index (χ1v) is 6.44. The van der Waals surface area contributed by atoms with Gasteiger partial charge in [-0.1, -0.05) is 0 Å². The van der Waals surface area contributed by atoms with Crippen molar-refractivity contribution in [1.29, 1.82) is 0 Å². The summed E-state index contributed by atoms with van der Waals surface area (Å²) in [5.41, 5.74) is -2.99. The van der Waals surface area contributed by atoms with E-state index >= 15 is 0 Å². The third kappa shape index (κ3) is 3.19. The normalized spacial score (nSPS) is 15.1. The molecule has 1 N–H and O–H groups in total. The van der Waals surface area contributed by atoms with E-state index in [1.165, 1.54) is 0 Å². The Morgan fingerprint density at radius 3 is 2.50 bits per heavy atom. The summed E-state index contributed by atoms with van der Waals surface area (Å²) in [6.07, 6.45) is -4.78. The summed E-state index contributed by atoms with van der Waals surface area (Å²) in [6.45, 7) is 0. The third-order valence-electron chi connectivity index (χ3n) is 2.24. The molecular formula is C10H5F3O6P-. The van der Waals surface area contributed by atoms with E-state index in [1.54, 1.807) is 0 Å². The molecule has 1 unspecified atom stereocenters. The summed E-state index contributed by atoms with van der Waals surface area (Å²) < 4.78 is 57.3. The Morgan fingerprint density at radius 2 is 1.95 bits per heavy atom. The van der Waals surface area contributed by atoms with Gasteiger partial charge < -0.3 is 18.7 Å². The smallest absolute Gasteiger partial charge is 0.417 e. The fraction of sp³-hybridized carbons (Fsp3) is 0.100. The molecule has 0 saturated heterocycles. The van der Waals surface area contributed by atoms with Crippen LogP contribution in [0.25, 0.3) is 11.0 Å². The Hall–Kier alpha value is -1.83. The van der Waals surface area contributed by atoms with Crippen LogP contribution in [0, 0.1) is 0 Å². The number of halogens is 3. The van der Waals surface area contributed by atoms with E-state index in [4.69, 9.17) is 4.89 Å². The molecule has 0 bridgehead atoms. The SMILES string of the molecule is O=c1cc(C(F)(F)F)c2ccc(OP(=O)([O-])O)cc2o1. The van der Waals surface area contributed by atoms with Crippen molar-refractivity contribution in [3.05, 3.63) is 40.2 Å². The molecule has 0 fully saturated rings. The monoisotopic (exact) mass is 309 g/mol. The van der Waals surface area contributed by atoms with Crippen LogP contribution >= 0.6 is 7.82 Å². The zero-order valence-electron chi connectivity index (χ0n) is 9.38. The van der Waals surface area contributed by atoms with Gasteiger partial charge in [-0.05, 0) is 12.1 Å². The number of rotatable bonds is 2. The first-order chi connectivity index (χ1) is 9.06. The highest BCUT2D eigenvalue weighted by atomic mass is 31.2. The lowest BCUT2D eigenvalue weighted by molar-refractivity contribution is -0.211. The van der Waals surface area contributed by atoms with Crippen molar-refractivity contribution in [1.82, 2.24) is 0 Å². The van der Waals surface area contributed by atoms with Gasteiger partial charge in [0, 0.05) is 17.5 Å². The Labute approximate surface area is 108 Å². The molecule has 1 aromatic carbocycles. The first-order valence-electron chi connectivity index (χ1n) is 4.95. The molecule has 0 aliphatic rings. The minimum atomic E-state index is -5.11. The van der Waals surface area contributed by atoms with Gasteiger partial charge >= 0.3 is 19.6 Å². The highest BCUT2D eigenvalue weighted by Gasteiger charge is 2.33. The number of benzene rings is 1. The molecule has 0 saturated carbocycles. The Bertz CT molecular complexity index is 760. The van der Waals surface area contributed by atoms with Crippen molar-refractivity contribution in [3.8, 4) is 5.75 Å². The molecule has 0 amide bonds. The second kappa shape index (κ2) is 4.62. The fourth-order valence-electron chi connectivity index (χ4n) is 1.57. The zero-order chi connectivity index (χ0) is 15.1. The fourth-order valence-corrected chi connectivity index (χ4v) is 1.95. The molecular weight excluding hydrogens is 304 g/mol. The Kier molecular flexibility index (Phi) is 3.37. The third-order valence-corrected chi connectivity index (χ3v) is 2.68. The molecule has 2 aromatic rings. The van der Waals surface area contributed by atoms with Crippen LogP contribution in [0.5, 0.6) is 5.75 Å². The minimum Gasteiger partial charge on any atom is -0.746 e. The van der Waals surface area contributed by atoms with Gasteiger partial charge in [0.2, 0.25) is 0 Å². The van der Waals surface area contributed by atoms with Gasteiger partial charge in [-0.15, -0.1) is 0 Å². The Balaban J connectivity index is 2.66. The van der Waals surface area contributed by atoms with Gasteiger partial charge in [-0.3, -0.25) is 4.57 Å². The van der Waals surface area contributed by atoms with Crippen LogP contribution in [0.1, 0.15) is 5.56 Å². The average molecular weight is 309 g/mol. The van der Waals surface area contributed by atoms with Gasteiger partial charge in [-0.2, -0.15) is 13.2 Å². The van der Waals surface area contributed by atoms with E-state index in [2.05, 4.69) is 8.94 Å². The summed E-state index contributed by atoms with van der Waals surface area (Å²) >= 11 is 0. The van der Waals surface area contributed by atoms with Crippen molar-refractivity contribution in [2.45, 2.75) is 6.18 Å². The van der Waals surface area contributed by atoms with Crippen LogP contribution in [0.15, 0.2) is 33.5 Å². The number of fused-ring (bicyclic) bond motifs is 1. The van der Waals surface area contributed by atoms with Gasteiger partial charge in [0.1, 0.15) is 11.3 Å². The van der Waals surface area contributed by atoms with Gasteiger partial charge in [0.25, 0.3) is 0 Å². The minimum absolute atomic E-state index is 0.285. The van der Waals surface area contributed by atoms with Crippen molar-refractivity contribution in [2.75, 3.05) is 0 Å². The largest absolute Gasteiger partial charge is 0.746 e. The molecule has 0 radical (unpaired) electrons. The molecule has 1 atom stereocenters. The molecule has 108 valence electrons. The number of alkyl halides is 3. The van der Waals surface area contributed by atoms with E-state index in [1.807, 2.05) is 0 Å². The molecule has 20 heavy (non-hydrogen) atoms. The van der Waals surface area contributed by atoms with E-state index in [9.17, 15) is 27.4 Å². The summed E-state index contributed by atoms with van der Waals surface area (Å²) in [7, 11) is -5.11. The second-order valence-electron chi connectivity index (χ2n) is 3.69. The lowest BCUT2D eigenvalue weighted by Gasteiger charge is -2.17. The molecule has 6 nitrogen and oxygen atoms in total. The van der Waals surface area contributed by atoms with E-state index < -0.39 is 41.9 Å². The average Bonchev–Trinajstić information content (AvgIpc) is 2.23. The van der Waals surface area contributed by atoms with Crippen molar-refractivity contribution < 1.29 is 36.5 Å². The first kappa shape index (κ1) is 14.6. The summed E-state index contributed by atoms with van der Waals surface area (Å²) in [5, 5.41) is -0.442. The topological polar surface area (TPSA) is 99.8 Å². The molecule has 1 aromatic heterocycles. The van der Waals surface area contributed by atoms with E-state index in [0.29, 0.717) is 0 Å². The maximum absolute atomic E-state index is 12.7. The molecule has 0 aliphatic carbocycles. The number of phosphoric acid groups is 1. The predicted octanol–water partition coefficient (Wildman–Crippen LogP) is 1.65. The van der Waals surface area contributed by atoms with Crippen LogP contribution in [0.4, 0.5) is 13.2 Å². The molecule has 1 heterocycles. The van der Waals surface area contributed by atoms with Crippen molar-refractivity contribution >= 4 is 18.8 Å². The lowest BCUT2D eigenvalue weighted by Crippen LogP contribution is -2.11. The van der Waals surface area contributed by atoms with Crippen LogP contribution in [0.3, 0.4) is 0 Å². The maximum Gasteiger partial charge on any atom is 0.417 e. The van der Waals surface area contributed by atoms with Crippen LogP contribution in [0.2, 0.25) is 0 Å². The maximum atomic E-state index is 12.7. The summed E-state index contributed by atoms with van der Waals surface area (Å²) in [5.74, 6) is -0.485. The number of phosphoric ester groups is 1. The standard InChI is InChI=1S/C10H6F3O6P/c11-10(12,13)7-4-9(14)18-8-3-5(1-2-6(7)8)19-20(15,16)17/h1-4H,(H2,15,16,17)/p-1. The molecule has 10 heteroatoms. The second-order valence-corrected chi connectivity index (χ2v) is 4.81. The van der Waals surface area contributed by atoms with Gasteiger partial charge in [0.15, 0.2) is 0 Å². The summed E-state index contributed by atoms with van der Waals surface area (Å²) in [6, 6.07) is 2.80. The number of hydrogen-bond donors (Lipinski definition) is 1. The van der Waals surface area contributed by atoms with Crippen LogP contribution < -0.4 is 15.0 Å². The quantitative estimate of drug-likeness (QED) is 0.669. The van der Waals surface area contributed by atoms with E-state index in [0.717, 1.165) is 18.2 Å². The summed E-state index contributed by atoms with van der Waals surface area (Å²) in [4.78, 5) is 30.1. The predicted molar refractivity (Wildman–Crippen MR) is 57.9 cm³/mol.